The molecule has 0 spiro atoms. The van der Waals surface area contributed by atoms with Crippen LogP contribution in [0.15, 0.2) is 36.4 Å². The fourth-order valence-corrected chi connectivity index (χ4v) is 1.72. The average Bonchev–Trinajstić information content (AvgIpc) is 2.40. The van der Waals surface area contributed by atoms with Crippen LogP contribution in [-0.4, -0.2) is 7.11 Å². The van der Waals surface area contributed by atoms with Crippen molar-refractivity contribution < 1.29 is 13.9 Å². The molecule has 5 heteroatoms. The van der Waals surface area contributed by atoms with E-state index in [-0.39, 0.29) is 12.4 Å². The third kappa shape index (κ3) is 3.29. The third-order valence-corrected chi connectivity index (χ3v) is 2.85. The van der Waals surface area contributed by atoms with Crippen molar-refractivity contribution in [1.29, 1.82) is 0 Å². The number of nitrogen functional groups attached to an aromatic ring is 1. The molecule has 0 unspecified atom stereocenters. The number of halogens is 2. The number of hydrogen-bond donors (Lipinski definition) is 1. The van der Waals surface area contributed by atoms with Gasteiger partial charge in [-0.3, -0.25) is 0 Å². The van der Waals surface area contributed by atoms with E-state index in [1.807, 2.05) is 0 Å². The van der Waals surface area contributed by atoms with Crippen molar-refractivity contribution in [3.8, 4) is 11.5 Å². The largest absolute Gasteiger partial charge is 0.497 e. The predicted octanol–water partition coefficient (Wildman–Crippen LogP) is 3.65. The topological polar surface area (TPSA) is 44.5 Å². The van der Waals surface area contributed by atoms with Crippen molar-refractivity contribution in [1.82, 2.24) is 0 Å². The highest BCUT2D eigenvalue weighted by Gasteiger charge is 2.07. The summed E-state index contributed by atoms with van der Waals surface area (Å²) in [6.45, 7) is 0.0698. The molecular weight excluding hydrogens is 269 g/mol. The molecule has 2 rings (SSSR count). The molecule has 100 valence electrons. The highest BCUT2D eigenvalue weighted by molar-refractivity contribution is 6.30. The van der Waals surface area contributed by atoms with E-state index >= 15 is 0 Å². The molecule has 0 aliphatic rings. The van der Waals surface area contributed by atoms with Gasteiger partial charge in [-0.05, 0) is 24.3 Å². The van der Waals surface area contributed by atoms with Gasteiger partial charge in [-0.1, -0.05) is 11.6 Å². The van der Waals surface area contributed by atoms with E-state index in [1.54, 1.807) is 30.3 Å². The van der Waals surface area contributed by atoms with Gasteiger partial charge in [0, 0.05) is 22.7 Å². The smallest absolute Gasteiger partial charge is 0.144 e. The highest BCUT2D eigenvalue weighted by atomic mass is 35.5. The van der Waals surface area contributed by atoms with Gasteiger partial charge in [0.1, 0.15) is 23.9 Å². The first-order valence-electron chi connectivity index (χ1n) is 5.60. The molecule has 0 radical (unpaired) electrons. The second kappa shape index (κ2) is 5.80. The van der Waals surface area contributed by atoms with E-state index in [0.29, 0.717) is 27.8 Å². The van der Waals surface area contributed by atoms with Gasteiger partial charge in [0.15, 0.2) is 0 Å². The Morgan fingerprint density at radius 2 is 2.00 bits per heavy atom. The summed E-state index contributed by atoms with van der Waals surface area (Å²) in [5, 5.41) is 0.513. The average molecular weight is 282 g/mol. The molecule has 2 aromatic rings. The number of anilines is 1. The minimum Gasteiger partial charge on any atom is -0.497 e. The van der Waals surface area contributed by atoms with Crippen LogP contribution in [0.4, 0.5) is 10.1 Å². The second-order valence-corrected chi connectivity index (χ2v) is 4.36. The SMILES string of the molecule is COc1ccc(COc2cc(Cl)ccc2N)c(F)c1. The van der Waals surface area contributed by atoms with Crippen molar-refractivity contribution in [2.45, 2.75) is 6.61 Å². The lowest BCUT2D eigenvalue weighted by atomic mass is 10.2. The number of rotatable bonds is 4. The van der Waals surface area contributed by atoms with Crippen LogP contribution in [-0.2, 0) is 6.61 Å². The molecule has 0 aliphatic carbocycles. The number of nitrogens with two attached hydrogens (primary N) is 1. The molecule has 0 amide bonds. The summed E-state index contributed by atoms with van der Waals surface area (Å²) in [5.41, 5.74) is 6.61. The van der Waals surface area contributed by atoms with Gasteiger partial charge in [0.2, 0.25) is 0 Å². The maximum Gasteiger partial charge on any atom is 0.144 e. The number of methoxy groups -OCH3 is 1. The number of benzene rings is 2. The summed E-state index contributed by atoms with van der Waals surface area (Å²) >= 11 is 5.84. The van der Waals surface area contributed by atoms with Crippen LogP contribution in [0, 0.1) is 5.82 Å². The van der Waals surface area contributed by atoms with Gasteiger partial charge in [0.05, 0.1) is 12.8 Å². The lowest BCUT2D eigenvalue weighted by molar-refractivity contribution is 0.301. The molecule has 0 heterocycles. The molecule has 0 atom stereocenters. The fraction of sp³-hybridized carbons (Fsp3) is 0.143. The van der Waals surface area contributed by atoms with Gasteiger partial charge in [-0.2, -0.15) is 0 Å². The highest BCUT2D eigenvalue weighted by Crippen LogP contribution is 2.26. The molecule has 3 nitrogen and oxygen atoms in total. The first kappa shape index (κ1) is 13.5. The summed E-state index contributed by atoms with van der Waals surface area (Å²) in [7, 11) is 1.48. The first-order valence-corrected chi connectivity index (χ1v) is 5.98. The molecule has 0 bridgehead atoms. The van der Waals surface area contributed by atoms with Crippen LogP contribution >= 0.6 is 11.6 Å². The standard InChI is InChI=1S/C14H13ClFNO2/c1-18-11-4-2-9(12(16)7-11)8-19-14-6-10(15)3-5-13(14)17/h2-7H,8,17H2,1H3. The van der Waals surface area contributed by atoms with Gasteiger partial charge in [-0.15, -0.1) is 0 Å². The Labute approximate surface area is 115 Å². The summed E-state index contributed by atoms with van der Waals surface area (Å²) in [5.74, 6) is 0.506. The Balaban J connectivity index is 2.12. The van der Waals surface area contributed by atoms with Crippen LogP contribution in [0.3, 0.4) is 0 Å². The maximum atomic E-state index is 13.7. The summed E-state index contributed by atoms with van der Waals surface area (Å²) in [6, 6.07) is 9.48. The van der Waals surface area contributed by atoms with Crippen molar-refractivity contribution >= 4 is 17.3 Å². The monoisotopic (exact) mass is 281 g/mol. The zero-order valence-electron chi connectivity index (χ0n) is 10.3. The van der Waals surface area contributed by atoms with E-state index < -0.39 is 0 Å². The fourth-order valence-electron chi connectivity index (χ4n) is 1.56. The van der Waals surface area contributed by atoms with Crippen LogP contribution in [0.25, 0.3) is 0 Å². The number of ether oxygens (including phenoxy) is 2. The van der Waals surface area contributed by atoms with Crippen LogP contribution in [0.2, 0.25) is 5.02 Å². The molecule has 0 saturated carbocycles. The van der Waals surface area contributed by atoms with Crippen molar-refractivity contribution in [2.24, 2.45) is 0 Å². The maximum absolute atomic E-state index is 13.7. The van der Waals surface area contributed by atoms with Crippen molar-refractivity contribution in [3.63, 3.8) is 0 Å². The molecule has 19 heavy (non-hydrogen) atoms. The van der Waals surface area contributed by atoms with Crippen molar-refractivity contribution in [3.05, 3.63) is 52.8 Å². The van der Waals surface area contributed by atoms with Gasteiger partial charge in [-0.25, -0.2) is 4.39 Å². The van der Waals surface area contributed by atoms with Gasteiger partial charge in [0.25, 0.3) is 0 Å². The van der Waals surface area contributed by atoms with E-state index in [4.69, 9.17) is 26.8 Å². The molecular formula is C14H13ClFNO2. The summed E-state index contributed by atoms with van der Waals surface area (Å²) in [6.07, 6.45) is 0. The van der Waals surface area contributed by atoms with Crippen LogP contribution in [0.5, 0.6) is 11.5 Å². The van der Waals surface area contributed by atoms with E-state index in [9.17, 15) is 4.39 Å². The molecule has 0 fully saturated rings. The first-order chi connectivity index (χ1) is 9.10. The molecule has 0 saturated heterocycles. The molecule has 2 N–H and O–H groups in total. The van der Waals surface area contributed by atoms with Crippen LogP contribution < -0.4 is 15.2 Å². The van der Waals surface area contributed by atoms with E-state index in [2.05, 4.69) is 0 Å². The number of hydrogen-bond acceptors (Lipinski definition) is 3. The van der Waals surface area contributed by atoms with Gasteiger partial charge >= 0.3 is 0 Å². The Hall–Kier alpha value is -1.94. The Kier molecular flexibility index (Phi) is 4.12. The summed E-state index contributed by atoms with van der Waals surface area (Å²) < 4.78 is 24.1. The lowest BCUT2D eigenvalue weighted by Gasteiger charge is -2.10. The predicted molar refractivity (Wildman–Crippen MR) is 73.1 cm³/mol. The molecule has 0 aromatic heterocycles. The van der Waals surface area contributed by atoms with Crippen molar-refractivity contribution in [2.75, 3.05) is 12.8 Å². The van der Waals surface area contributed by atoms with Gasteiger partial charge < -0.3 is 15.2 Å². The quantitative estimate of drug-likeness (QED) is 0.870. The minimum atomic E-state index is -0.389. The zero-order chi connectivity index (χ0) is 13.8. The molecule has 2 aromatic carbocycles. The Morgan fingerprint density at radius 1 is 1.21 bits per heavy atom. The molecule has 0 aliphatic heterocycles. The Morgan fingerprint density at radius 3 is 2.68 bits per heavy atom. The third-order valence-electron chi connectivity index (χ3n) is 2.62. The zero-order valence-corrected chi connectivity index (χ0v) is 11.1. The van der Waals surface area contributed by atoms with Crippen LogP contribution in [0.1, 0.15) is 5.56 Å². The Bertz CT molecular complexity index is 590. The minimum absolute atomic E-state index is 0.0698. The van der Waals surface area contributed by atoms with E-state index in [0.717, 1.165) is 0 Å². The normalized spacial score (nSPS) is 10.3. The summed E-state index contributed by atoms with van der Waals surface area (Å²) in [4.78, 5) is 0. The lowest BCUT2D eigenvalue weighted by Crippen LogP contribution is -2.01. The van der Waals surface area contributed by atoms with E-state index in [1.165, 1.54) is 13.2 Å². The second-order valence-electron chi connectivity index (χ2n) is 3.93.